The van der Waals surface area contributed by atoms with Gasteiger partial charge in [-0.3, -0.25) is 29.6 Å². The van der Waals surface area contributed by atoms with Gasteiger partial charge in [0, 0.05) is 6.07 Å². The molecule has 1 aromatic heterocycles. The number of nitro benzene ring substituents is 2. The van der Waals surface area contributed by atoms with E-state index in [4.69, 9.17) is 14.2 Å². The maximum atomic E-state index is 13.8. The van der Waals surface area contributed by atoms with Crippen LogP contribution >= 0.6 is 11.3 Å². The predicted octanol–water partition coefficient (Wildman–Crippen LogP) is 4.42. The van der Waals surface area contributed by atoms with E-state index in [2.05, 4.69) is 4.99 Å². The fourth-order valence-corrected chi connectivity index (χ4v) is 5.70. The van der Waals surface area contributed by atoms with E-state index in [0.29, 0.717) is 31.9 Å². The molecule has 0 saturated heterocycles. The van der Waals surface area contributed by atoms with Crippen LogP contribution in [0.4, 0.5) is 11.4 Å². The second-order valence-corrected chi connectivity index (χ2v) is 10.4. The zero-order chi connectivity index (χ0) is 31.5. The molecule has 14 heteroatoms. The molecule has 0 N–H and O–H groups in total. The lowest BCUT2D eigenvalue weighted by atomic mass is 9.96. The summed E-state index contributed by atoms with van der Waals surface area (Å²) < 4.78 is 18.1. The lowest BCUT2D eigenvalue weighted by Crippen LogP contribution is -2.39. The smallest absolute Gasteiger partial charge is 0.338 e. The maximum Gasteiger partial charge on any atom is 0.338 e. The minimum atomic E-state index is -0.772. The third kappa shape index (κ3) is 5.83. The molecule has 0 fully saturated rings. The Morgan fingerprint density at radius 3 is 2.32 bits per heavy atom. The highest BCUT2D eigenvalue weighted by Gasteiger charge is 2.33. The Balaban J connectivity index is 1.51. The van der Waals surface area contributed by atoms with E-state index in [0.717, 1.165) is 18.2 Å². The molecule has 0 radical (unpaired) electrons. The van der Waals surface area contributed by atoms with Gasteiger partial charge in [-0.25, -0.2) is 9.79 Å². The van der Waals surface area contributed by atoms with Crippen LogP contribution < -0.4 is 24.4 Å². The average molecular weight is 617 g/mol. The number of aromatic nitrogens is 1. The van der Waals surface area contributed by atoms with Gasteiger partial charge in [-0.05, 0) is 61.4 Å². The van der Waals surface area contributed by atoms with Crippen LogP contribution in [-0.2, 0) is 9.53 Å². The highest BCUT2D eigenvalue weighted by Crippen LogP contribution is 2.35. The fraction of sp³-hybridized carbons (Fsp3) is 0.167. The van der Waals surface area contributed by atoms with Gasteiger partial charge < -0.3 is 14.2 Å². The molecule has 0 unspecified atom stereocenters. The number of allylic oxidation sites excluding steroid dienone is 1. The van der Waals surface area contributed by atoms with E-state index in [1.54, 1.807) is 75.6 Å². The summed E-state index contributed by atoms with van der Waals surface area (Å²) in [6.07, 6.45) is 1.66. The minimum Gasteiger partial charge on any atom is -0.497 e. The first-order valence-electron chi connectivity index (χ1n) is 13.2. The number of carbonyl (C=O) groups is 1. The topological polar surface area (TPSA) is 165 Å². The summed E-state index contributed by atoms with van der Waals surface area (Å²) in [4.78, 5) is 52.8. The average Bonchev–Trinajstić information content (AvgIpc) is 3.31. The summed E-state index contributed by atoms with van der Waals surface area (Å²) in [6.45, 7) is 3.56. The highest BCUT2D eigenvalue weighted by molar-refractivity contribution is 7.07. The number of carbonyl (C=O) groups excluding carboxylic acids is 1. The summed E-state index contributed by atoms with van der Waals surface area (Å²) in [7, 11) is 1.55. The van der Waals surface area contributed by atoms with Crippen LogP contribution in [0.2, 0.25) is 0 Å². The summed E-state index contributed by atoms with van der Waals surface area (Å²) in [5.41, 5.74) is 0.677. The second kappa shape index (κ2) is 12.3. The lowest BCUT2D eigenvalue weighted by Gasteiger charge is -2.24. The molecule has 0 spiro atoms. The number of hydrogen-bond acceptors (Lipinski definition) is 11. The first-order chi connectivity index (χ1) is 21.1. The number of methoxy groups -OCH3 is 1. The maximum absolute atomic E-state index is 13.8. The van der Waals surface area contributed by atoms with Crippen LogP contribution in [0.15, 0.2) is 87.8 Å². The molecule has 5 rings (SSSR count). The number of esters is 1. The molecule has 1 atom stereocenters. The Kier molecular flexibility index (Phi) is 8.35. The zero-order valence-corrected chi connectivity index (χ0v) is 24.4. The molecule has 0 bridgehead atoms. The number of fused-ring (bicyclic) bond motifs is 1. The van der Waals surface area contributed by atoms with Gasteiger partial charge in [0.1, 0.15) is 11.5 Å². The predicted molar refractivity (Wildman–Crippen MR) is 160 cm³/mol. The lowest BCUT2D eigenvalue weighted by molar-refractivity contribution is -0.394. The first kappa shape index (κ1) is 29.8. The van der Waals surface area contributed by atoms with Crippen molar-refractivity contribution >= 4 is 34.8 Å². The van der Waals surface area contributed by atoms with E-state index in [9.17, 15) is 29.8 Å². The molecule has 224 valence electrons. The Labute approximate surface area is 252 Å². The SMILES string of the molecule is CCOC(=O)C1=C(C)N=c2sc(=Cc3ccc(Oc4ccc([N+](=O)[O-])cc4[N+](=O)[O-])cc3)c(=O)n2[C@@H]1c1ccc(OC)cc1. The Bertz CT molecular complexity index is 2000. The van der Waals surface area contributed by atoms with Gasteiger partial charge in [-0.15, -0.1) is 0 Å². The molecule has 0 amide bonds. The third-order valence-electron chi connectivity index (χ3n) is 6.70. The van der Waals surface area contributed by atoms with Gasteiger partial charge in [0.25, 0.3) is 11.2 Å². The van der Waals surface area contributed by atoms with Gasteiger partial charge in [0.2, 0.25) is 5.75 Å². The van der Waals surface area contributed by atoms with Crippen molar-refractivity contribution in [3.63, 3.8) is 0 Å². The van der Waals surface area contributed by atoms with Gasteiger partial charge >= 0.3 is 11.7 Å². The van der Waals surface area contributed by atoms with Gasteiger partial charge in [0.05, 0.1) is 51.5 Å². The molecule has 0 aliphatic carbocycles. The molecule has 3 aromatic carbocycles. The van der Waals surface area contributed by atoms with Crippen LogP contribution in [-0.4, -0.2) is 34.1 Å². The summed E-state index contributed by atoms with van der Waals surface area (Å²) in [5, 5.41) is 22.4. The van der Waals surface area contributed by atoms with Crippen LogP contribution in [0, 0.1) is 20.2 Å². The fourth-order valence-electron chi connectivity index (χ4n) is 4.65. The van der Waals surface area contributed by atoms with Crippen molar-refractivity contribution in [1.29, 1.82) is 0 Å². The van der Waals surface area contributed by atoms with E-state index in [1.807, 2.05) is 0 Å². The Morgan fingerprint density at radius 2 is 1.70 bits per heavy atom. The van der Waals surface area contributed by atoms with Crippen molar-refractivity contribution in [1.82, 2.24) is 4.57 Å². The quantitative estimate of drug-likeness (QED) is 0.150. The molecule has 0 saturated carbocycles. The van der Waals surface area contributed by atoms with Gasteiger partial charge in [-0.2, -0.15) is 0 Å². The van der Waals surface area contributed by atoms with Gasteiger partial charge in [-0.1, -0.05) is 35.6 Å². The van der Waals surface area contributed by atoms with Crippen LogP contribution in [0.3, 0.4) is 0 Å². The number of hydrogen-bond donors (Lipinski definition) is 0. The van der Waals surface area contributed by atoms with Crippen molar-refractivity contribution in [3.05, 3.63) is 129 Å². The van der Waals surface area contributed by atoms with Gasteiger partial charge in [0.15, 0.2) is 4.80 Å². The van der Waals surface area contributed by atoms with Crippen LogP contribution in [0.25, 0.3) is 6.08 Å². The zero-order valence-electron chi connectivity index (χ0n) is 23.6. The molecule has 1 aliphatic heterocycles. The van der Waals surface area contributed by atoms with E-state index in [-0.39, 0.29) is 29.2 Å². The summed E-state index contributed by atoms with van der Waals surface area (Å²) in [6, 6.07) is 15.8. The molecular formula is C30H24N4O9S. The number of nitro groups is 2. The number of nitrogens with zero attached hydrogens (tertiary/aromatic N) is 4. The van der Waals surface area contributed by atoms with E-state index >= 15 is 0 Å². The monoisotopic (exact) mass is 616 g/mol. The molecule has 44 heavy (non-hydrogen) atoms. The largest absolute Gasteiger partial charge is 0.497 e. The Morgan fingerprint density at radius 1 is 1.02 bits per heavy atom. The summed E-state index contributed by atoms with van der Waals surface area (Å²) in [5.74, 6) is 0.144. The number of benzene rings is 3. The summed E-state index contributed by atoms with van der Waals surface area (Å²) >= 11 is 1.17. The number of thiazole rings is 1. The molecule has 1 aliphatic rings. The van der Waals surface area contributed by atoms with E-state index < -0.39 is 33.2 Å². The van der Waals surface area contributed by atoms with E-state index in [1.165, 1.54) is 15.9 Å². The molecule has 4 aromatic rings. The Hall–Kier alpha value is -5.63. The number of rotatable bonds is 9. The normalized spacial score (nSPS) is 14.4. The van der Waals surface area contributed by atoms with Crippen molar-refractivity contribution in [2.45, 2.75) is 19.9 Å². The molecular weight excluding hydrogens is 592 g/mol. The third-order valence-corrected chi connectivity index (χ3v) is 7.69. The van der Waals surface area contributed by atoms with Crippen molar-refractivity contribution in [3.8, 4) is 17.2 Å². The highest BCUT2D eigenvalue weighted by atomic mass is 32.1. The van der Waals surface area contributed by atoms with Crippen molar-refractivity contribution in [2.75, 3.05) is 13.7 Å². The second-order valence-electron chi connectivity index (χ2n) is 9.41. The molecule has 2 heterocycles. The standard InChI is InChI=1S/C30H24N4O9S/c1-4-42-29(36)26-17(2)31-30-32(27(26)19-7-12-21(41-3)13-8-19)28(35)25(44-30)15-18-5-10-22(11-6-18)43-24-14-9-20(33(37)38)16-23(24)34(39)40/h5-16,27H,4H2,1-3H3/t27-/m1/s1. The van der Waals surface area contributed by atoms with Crippen molar-refractivity contribution in [2.24, 2.45) is 4.99 Å². The van der Waals surface area contributed by atoms with Crippen LogP contribution in [0.1, 0.15) is 31.0 Å². The van der Waals surface area contributed by atoms with Crippen molar-refractivity contribution < 1.29 is 28.9 Å². The minimum absolute atomic E-state index is 0.159. The molecule has 13 nitrogen and oxygen atoms in total. The van der Waals surface area contributed by atoms with Crippen LogP contribution in [0.5, 0.6) is 17.2 Å². The first-order valence-corrected chi connectivity index (χ1v) is 14.0. The number of non-ortho nitro benzene ring substituents is 1. The number of ether oxygens (including phenoxy) is 3.